The normalized spacial score (nSPS) is 11.3. The maximum absolute atomic E-state index is 11.2. The molecule has 0 aliphatic rings. The molecule has 1 aromatic carbocycles. The minimum atomic E-state index is -0.883. The average Bonchev–Trinajstić information content (AvgIpc) is 2.43. The summed E-state index contributed by atoms with van der Waals surface area (Å²) in [6, 6.07) is 7.32. The topological polar surface area (TPSA) is 111 Å². The molecule has 0 radical (unpaired) electrons. The van der Waals surface area contributed by atoms with E-state index in [0.717, 1.165) is 5.56 Å². The average molecular weight is 305 g/mol. The van der Waals surface area contributed by atoms with Crippen LogP contribution in [-0.2, 0) is 11.2 Å². The number of carboxylic acid groups (broad SMARTS) is 1. The fourth-order valence-electron chi connectivity index (χ4n) is 1.87. The second-order valence-electron chi connectivity index (χ2n) is 5.22. The zero-order valence-electron chi connectivity index (χ0n) is 13.0. The van der Waals surface area contributed by atoms with Crippen LogP contribution < -0.4 is 16.2 Å². The van der Waals surface area contributed by atoms with Crippen molar-refractivity contribution in [3.8, 4) is 5.75 Å². The zero-order chi connectivity index (χ0) is 16.5. The first-order valence-corrected chi connectivity index (χ1v) is 7.09. The second kappa shape index (κ2) is 8.71. The number of aliphatic carboxylic acids is 1. The fourth-order valence-corrected chi connectivity index (χ4v) is 1.87. The van der Waals surface area contributed by atoms with Crippen LogP contribution in [-0.4, -0.2) is 30.2 Å². The highest BCUT2D eigenvalue weighted by molar-refractivity contribution is 5.87. The van der Waals surface area contributed by atoms with Crippen molar-refractivity contribution in [3.63, 3.8) is 0 Å². The molecule has 0 saturated carbocycles. The lowest BCUT2D eigenvalue weighted by molar-refractivity contribution is -0.132. The van der Waals surface area contributed by atoms with Crippen LogP contribution in [0.25, 0.3) is 0 Å². The molecule has 22 heavy (non-hydrogen) atoms. The summed E-state index contributed by atoms with van der Waals surface area (Å²) in [6.07, 6.45) is 2.16. The number of aliphatic imine (C=N–C) groups is 1. The maximum atomic E-state index is 11.2. The van der Waals surface area contributed by atoms with Gasteiger partial charge in [0.05, 0.1) is 6.54 Å². The van der Waals surface area contributed by atoms with Gasteiger partial charge in [0, 0.05) is 12.0 Å². The summed E-state index contributed by atoms with van der Waals surface area (Å²) < 4.78 is 5.48. The van der Waals surface area contributed by atoms with Gasteiger partial charge in [0.1, 0.15) is 12.4 Å². The van der Waals surface area contributed by atoms with Gasteiger partial charge in [-0.1, -0.05) is 32.1 Å². The Hall–Kier alpha value is -2.50. The maximum Gasteiger partial charge on any atom is 0.331 e. The van der Waals surface area contributed by atoms with Crippen LogP contribution in [0, 0.1) is 5.92 Å². The Balaban J connectivity index is 2.60. The molecule has 0 aromatic heterocycles. The van der Waals surface area contributed by atoms with Gasteiger partial charge in [0.25, 0.3) is 0 Å². The Kier molecular flexibility index (Phi) is 6.95. The molecule has 0 heterocycles. The van der Waals surface area contributed by atoms with Gasteiger partial charge in [0.15, 0.2) is 5.96 Å². The van der Waals surface area contributed by atoms with E-state index in [2.05, 4.69) is 4.99 Å². The molecule has 0 atom stereocenters. The summed E-state index contributed by atoms with van der Waals surface area (Å²) in [5.41, 5.74) is 11.8. The van der Waals surface area contributed by atoms with Gasteiger partial charge in [-0.25, -0.2) is 4.79 Å². The Morgan fingerprint density at radius 1 is 1.32 bits per heavy atom. The van der Waals surface area contributed by atoms with Crippen molar-refractivity contribution in [2.24, 2.45) is 22.4 Å². The summed E-state index contributed by atoms with van der Waals surface area (Å²) in [6.45, 7) is 4.68. The van der Waals surface area contributed by atoms with E-state index in [9.17, 15) is 9.90 Å². The van der Waals surface area contributed by atoms with E-state index in [0.29, 0.717) is 30.9 Å². The molecule has 6 heteroatoms. The summed E-state index contributed by atoms with van der Waals surface area (Å²) in [5.74, 6) is 0.0480. The van der Waals surface area contributed by atoms with Crippen molar-refractivity contribution >= 4 is 11.9 Å². The van der Waals surface area contributed by atoms with Crippen molar-refractivity contribution in [3.05, 3.63) is 41.5 Å². The quantitative estimate of drug-likeness (QED) is 0.292. The monoisotopic (exact) mass is 305 g/mol. The number of allylic oxidation sites excluding steroid dienone is 1. The van der Waals surface area contributed by atoms with E-state index in [4.69, 9.17) is 16.2 Å². The number of benzene rings is 1. The van der Waals surface area contributed by atoms with Crippen LogP contribution in [0.15, 0.2) is 40.9 Å². The lowest BCUT2D eigenvalue weighted by Gasteiger charge is -2.07. The number of ether oxygens (including phenoxy) is 1. The number of nitrogens with two attached hydrogens (primary N) is 2. The van der Waals surface area contributed by atoms with E-state index < -0.39 is 5.97 Å². The lowest BCUT2D eigenvalue weighted by atomic mass is 10.0. The molecular formula is C16H23N3O3. The van der Waals surface area contributed by atoms with Crippen LogP contribution in [0.2, 0.25) is 0 Å². The largest absolute Gasteiger partial charge is 0.492 e. The molecule has 120 valence electrons. The molecule has 0 spiro atoms. The minimum absolute atomic E-state index is 0.0390. The highest BCUT2D eigenvalue weighted by Gasteiger charge is 2.09. The van der Waals surface area contributed by atoms with E-state index in [1.54, 1.807) is 18.2 Å². The molecule has 0 saturated heterocycles. The lowest BCUT2D eigenvalue weighted by Crippen LogP contribution is -2.23. The molecule has 0 aliphatic heterocycles. The SMILES string of the molecule is CC(C)/C=C(\Cc1ccc(OCCN=C(N)N)cc1)C(=O)O. The van der Waals surface area contributed by atoms with Gasteiger partial charge in [-0.15, -0.1) is 0 Å². The summed E-state index contributed by atoms with van der Waals surface area (Å²) in [4.78, 5) is 15.0. The van der Waals surface area contributed by atoms with Crippen molar-refractivity contribution < 1.29 is 14.6 Å². The second-order valence-corrected chi connectivity index (χ2v) is 5.22. The third kappa shape index (κ3) is 6.78. The molecule has 1 rings (SSSR count). The number of hydrogen-bond acceptors (Lipinski definition) is 3. The Labute approximate surface area is 130 Å². The summed E-state index contributed by atoms with van der Waals surface area (Å²) >= 11 is 0. The number of guanidine groups is 1. The Bertz CT molecular complexity index is 544. The summed E-state index contributed by atoms with van der Waals surface area (Å²) in [7, 11) is 0. The van der Waals surface area contributed by atoms with Gasteiger partial charge in [0.2, 0.25) is 0 Å². The van der Waals surface area contributed by atoms with Crippen LogP contribution in [0.3, 0.4) is 0 Å². The van der Waals surface area contributed by atoms with Crippen molar-refractivity contribution in [1.82, 2.24) is 0 Å². The standard InChI is InChI=1S/C16H23N3O3/c1-11(2)9-13(15(20)21)10-12-3-5-14(6-4-12)22-8-7-19-16(17)18/h3-6,9,11H,7-8,10H2,1-2H3,(H,20,21)(H4,17,18,19)/b13-9+. The highest BCUT2D eigenvalue weighted by Crippen LogP contribution is 2.16. The van der Waals surface area contributed by atoms with Gasteiger partial charge in [-0.05, 0) is 23.6 Å². The summed E-state index contributed by atoms with van der Waals surface area (Å²) in [5, 5.41) is 9.20. The molecular weight excluding hydrogens is 282 g/mol. The first-order valence-electron chi connectivity index (χ1n) is 7.09. The van der Waals surface area contributed by atoms with Crippen LogP contribution >= 0.6 is 0 Å². The minimum Gasteiger partial charge on any atom is -0.492 e. The predicted octanol–water partition coefficient (Wildman–Crippen LogP) is 1.55. The molecule has 0 bridgehead atoms. The number of nitrogens with zero attached hydrogens (tertiary/aromatic N) is 1. The number of carboxylic acids is 1. The Morgan fingerprint density at radius 3 is 2.45 bits per heavy atom. The number of carbonyl (C=O) groups is 1. The number of rotatable bonds is 8. The van der Waals surface area contributed by atoms with Crippen molar-refractivity contribution in [1.29, 1.82) is 0 Å². The molecule has 5 N–H and O–H groups in total. The molecule has 1 aromatic rings. The molecule has 6 nitrogen and oxygen atoms in total. The molecule has 0 aliphatic carbocycles. The van der Waals surface area contributed by atoms with Crippen molar-refractivity contribution in [2.45, 2.75) is 20.3 Å². The fraction of sp³-hybridized carbons (Fsp3) is 0.375. The van der Waals surface area contributed by atoms with Crippen LogP contribution in [0.1, 0.15) is 19.4 Å². The third-order valence-corrected chi connectivity index (χ3v) is 2.78. The third-order valence-electron chi connectivity index (χ3n) is 2.78. The van der Waals surface area contributed by atoms with E-state index in [-0.39, 0.29) is 11.9 Å². The number of hydrogen-bond donors (Lipinski definition) is 3. The van der Waals surface area contributed by atoms with E-state index in [1.807, 2.05) is 26.0 Å². The van der Waals surface area contributed by atoms with E-state index in [1.165, 1.54) is 0 Å². The Morgan fingerprint density at radius 2 is 1.95 bits per heavy atom. The molecule has 0 fully saturated rings. The first kappa shape index (κ1) is 17.6. The zero-order valence-corrected chi connectivity index (χ0v) is 13.0. The van der Waals surface area contributed by atoms with Gasteiger partial charge >= 0.3 is 5.97 Å². The van der Waals surface area contributed by atoms with Crippen molar-refractivity contribution in [2.75, 3.05) is 13.2 Å². The molecule has 0 unspecified atom stereocenters. The smallest absolute Gasteiger partial charge is 0.331 e. The van der Waals surface area contributed by atoms with Crippen LogP contribution in [0.5, 0.6) is 5.75 Å². The predicted molar refractivity (Wildman–Crippen MR) is 86.9 cm³/mol. The van der Waals surface area contributed by atoms with Crippen LogP contribution in [0.4, 0.5) is 0 Å². The molecule has 0 amide bonds. The van der Waals surface area contributed by atoms with Gasteiger partial charge in [-0.3, -0.25) is 4.99 Å². The van der Waals surface area contributed by atoms with Gasteiger partial charge < -0.3 is 21.3 Å². The van der Waals surface area contributed by atoms with Gasteiger partial charge in [-0.2, -0.15) is 0 Å². The first-order chi connectivity index (χ1) is 10.4. The van der Waals surface area contributed by atoms with E-state index >= 15 is 0 Å². The highest BCUT2D eigenvalue weighted by atomic mass is 16.5.